The van der Waals surface area contributed by atoms with Gasteiger partial charge in [0, 0.05) is 25.6 Å². The highest BCUT2D eigenvalue weighted by Crippen LogP contribution is 2.51. The summed E-state index contributed by atoms with van der Waals surface area (Å²) in [5, 5.41) is 18.7. The molecule has 3 aromatic rings. The van der Waals surface area contributed by atoms with E-state index in [9.17, 15) is 28.8 Å². The van der Waals surface area contributed by atoms with Crippen molar-refractivity contribution in [3.05, 3.63) is 35.4 Å². The standard InChI is InChI=1S/C22H32N8O13P2/c23-16-2-3-29(22(33)28-16)17-6-12(14(8-32)40-17)42-45(36,37)39-9-15-13(43-44(34,35)38-5-1-4-31)7-18(41-15)30-11-27-19-20(24)25-10-26-21(19)30/h2-3,10-15,17-18,31-32H,1,4-9H2,(H,34,35)(H,36,37)(H2,23,28,33)(H2,24,25,26)/t12?,13-,14+,15+,17+,18+/m0/s1. The first-order valence-corrected chi connectivity index (χ1v) is 16.5. The molecular formula is C22H32N8O13P2. The van der Waals surface area contributed by atoms with Crippen LogP contribution in [0, 0.1) is 0 Å². The van der Waals surface area contributed by atoms with Crippen LogP contribution in [0.3, 0.4) is 0 Å². The highest BCUT2D eigenvalue weighted by molar-refractivity contribution is 7.47. The Balaban J connectivity index is 1.28. The molecule has 0 spiro atoms. The second-order valence-electron chi connectivity index (χ2n) is 9.97. The topological polar surface area (TPSA) is 301 Å². The number of rotatable bonds is 14. The Morgan fingerprint density at radius 2 is 1.62 bits per heavy atom. The summed E-state index contributed by atoms with van der Waals surface area (Å²) in [6.07, 6.45) is -2.86. The van der Waals surface area contributed by atoms with E-state index in [1.54, 1.807) is 0 Å². The second kappa shape index (κ2) is 13.8. The Morgan fingerprint density at radius 1 is 0.956 bits per heavy atom. The van der Waals surface area contributed by atoms with Gasteiger partial charge in [0.15, 0.2) is 11.5 Å². The van der Waals surface area contributed by atoms with E-state index in [4.69, 9.17) is 44.1 Å². The van der Waals surface area contributed by atoms with Gasteiger partial charge in [0.1, 0.15) is 54.5 Å². The number of aromatic nitrogens is 6. The molecule has 248 valence electrons. The molecule has 2 aliphatic heterocycles. The van der Waals surface area contributed by atoms with Gasteiger partial charge in [-0.15, -0.1) is 0 Å². The predicted octanol–water partition coefficient (Wildman–Crippen LogP) is -0.798. The van der Waals surface area contributed by atoms with Gasteiger partial charge in [-0.1, -0.05) is 0 Å². The Bertz CT molecular complexity index is 1640. The minimum atomic E-state index is -4.90. The van der Waals surface area contributed by atoms with Gasteiger partial charge in [-0.25, -0.2) is 28.9 Å². The molecule has 5 heterocycles. The molecule has 45 heavy (non-hydrogen) atoms. The van der Waals surface area contributed by atoms with Gasteiger partial charge in [-0.05, 0) is 12.5 Å². The number of hydrogen-bond donors (Lipinski definition) is 6. The van der Waals surface area contributed by atoms with Crippen molar-refractivity contribution in [1.29, 1.82) is 0 Å². The van der Waals surface area contributed by atoms with Crippen molar-refractivity contribution < 1.29 is 56.7 Å². The maximum atomic E-state index is 13.0. The van der Waals surface area contributed by atoms with Crippen LogP contribution in [-0.4, -0.2) is 99.9 Å². The largest absolute Gasteiger partial charge is 0.472 e. The van der Waals surface area contributed by atoms with Crippen LogP contribution >= 0.6 is 15.6 Å². The van der Waals surface area contributed by atoms with E-state index in [0.29, 0.717) is 0 Å². The van der Waals surface area contributed by atoms with Gasteiger partial charge in [0.25, 0.3) is 0 Å². The van der Waals surface area contributed by atoms with Crippen LogP contribution in [0.5, 0.6) is 0 Å². The fourth-order valence-corrected chi connectivity index (χ4v) is 6.76. The second-order valence-corrected chi connectivity index (χ2v) is 12.8. The van der Waals surface area contributed by atoms with E-state index < -0.39 is 71.4 Å². The molecule has 8 N–H and O–H groups in total. The van der Waals surface area contributed by atoms with Crippen LogP contribution in [0.15, 0.2) is 29.7 Å². The molecule has 0 radical (unpaired) electrons. The van der Waals surface area contributed by atoms with Crippen LogP contribution in [0.4, 0.5) is 11.6 Å². The Kier molecular flexibility index (Phi) is 10.3. The van der Waals surface area contributed by atoms with Crippen molar-refractivity contribution in [2.75, 3.05) is 37.9 Å². The van der Waals surface area contributed by atoms with Crippen molar-refractivity contribution in [1.82, 2.24) is 29.1 Å². The Morgan fingerprint density at radius 3 is 2.31 bits per heavy atom. The lowest BCUT2D eigenvalue weighted by atomic mass is 10.2. The van der Waals surface area contributed by atoms with Crippen molar-refractivity contribution in [3.63, 3.8) is 0 Å². The number of hydrogen-bond acceptors (Lipinski definition) is 17. The van der Waals surface area contributed by atoms with E-state index in [1.807, 2.05) is 0 Å². The van der Waals surface area contributed by atoms with Crippen LogP contribution < -0.4 is 17.2 Å². The van der Waals surface area contributed by atoms with E-state index in [1.165, 1.54) is 29.5 Å². The average molecular weight is 678 g/mol. The third-order valence-electron chi connectivity index (χ3n) is 6.90. The lowest BCUT2D eigenvalue weighted by Crippen LogP contribution is -2.30. The number of fused-ring (bicyclic) bond motifs is 1. The lowest BCUT2D eigenvalue weighted by molar-refractivity contribution is -0.0565. The first kappa shape index (κ1) is 33.5. The molecule has 23 heteroatoms. The molecule has 0 bridgehead atoms. The number of aliphatic hydroxyl groups is 2. The number of nitrogens with zero attached hydrogens (tertiary/aromatic N) is 6. The monoisotopic (exact) mass is 678 g/mol. The first-order chi connectivity index (χ1) is 21.4. The molecule has 0 aliphatic carbocycles. The highest BCUT2D eigenvalue weighted by Gasteiger charge is 2.45. The zero-order chi connectivity index (χ0) is 32.4. The van der Waals surface area contributed by atoms with Gasteiger partial charge >= 0.3 is 21.3 Å². The fraction of sp³-hybridized carbons (Fsp3) is 0.591. The van der Waals surface area contributed by atoms with Crippen molar-refractivity contribution in [2.24, 2.45) is 0 Å². The molecule has 3 unspecified atom stereocenters. The summed E-state index contributed by atoms with van der Waals surface area (Å²) in [5.74, 6) is 0.0948. The Labute approximate surface area is 253 Å². The van der Waals surface area contributed by atoms with Gasteiger partial charge in [0.05, 0.1) is 26.1 Å². The zero-order valence-corrected chi connectivity index (χ0v) is 25.2. The lowest BCUT2D eigenvalue weighted by Gasteiger charge is -2.23. The number of nitrogen functional groups attached to an aromatic ring is 2. The third kappa shape index (κ3) is 7.91. The van der Waals surface area contributed by atoms with Gasteiger partial charge in [-0.2, -0.15) is 4.98 Å². The number of phosphoric acid groups is 2. The number of aliphatic hydroxyl groups excluding tert-OH is 2. The Hall–Kier alpha value is -2.91. The zero-order valence-electron chi connectivity index (χ0n) is 23.4. The van der Waals surface area contributed by atoms with Crippen molar-refractivity contribution >= 4 is 38.4 Å². The minimum Gasteiger partial charge on any atom is -0.396 e. The van der Waals surface area contributed by atoms with Gasteiger partial charge in [0.2, 0.25) is 0 Å². The molecule has 2 fully saturated rings. The summed E-state index contributed by atoms with van der Waals surface area (Å²) in [5.41, 5.74) is 11.2. The summed E-state index contributed by atoms with van der Waals surface area (Å²) in [7, 11) is -9.58. The summed E-state index contributed by atoms with van der Waals surface area (Å²) < 4.78 is 60.5. The van der Waals surface area contributed by atoms with Gasteiger partial charge < -0.3 is 40.9 Å². The molecule has 0 amide bonds. The molecule has 0 saturated carbocycles. The third-order valence-corrected chi connectivity index (χ3v) is 8.95. The number of anilines is 2. The predicted molar refractivity (Wildman–Crippen MR) is 150 cm³/mol. The van der Waals surface area contributed by atoms with Crippen LogP contribution in [0.1, 0.15) is 31.7 Å². The number of imidazole rings is 1. The summed E-state index contributed by atoms with van der Waals surface area (Å²) in [6, 6.07) is 1.36. The smallest absolute Gasteiger partial charge is 0.396 e. The molecule has 2 aliphatic rings. The van der Waals surface area contributed by atoms with E-state index in [-0.39, 0.29) is 55.3 Å². The van der Waals surface area contributed by atoms with E-state index in [0.717, 1.165) is 4.57 Å². The number of ether oxygens (including phenoxy) is 2. The molecule has 0 aromatic carbocycles. The SMILES string of the molecule is Nc1ccn([C@H]2CC(OP(=O)(O)OC[C@H]3O[C@@H](n4cnc5c(N)ncnc54)C[C@@H]3OP(=O)(O)OCCCO)[C@@H](CO)O2)c(=O)n1. The number of nitrogens with two attached hydrogens (primary N) is 2. The molecule has 5 rings (SSSR count). The maximum absolute atomic E-state index is 13.0. The summed E-state index contributed by atoms with van der Waals surface area (Å²) in [6.45, 7) is -1.85. The van der Waals surface area contributed by atoms with E-state index in [2.05, 4.69) is 19.9 Å². The van der Waals surface area contributed by atoms with E-state index >= 15 is 0 Å². The van der Waals surface area contributed by atoms with Crippen LogP contribution in [0.25, 0.3) is 11.2 Å². The fourth-order valence-electron chi connectivity index (χ4n) is 4.82. The van der Waals surface area contributed by atoms with Crippen molar-refractivity contribution in [3.8, 4) is 0 Å². The minimum absolute atomic E-state index is 0.0134. The first-order valence-electron chi connectivity index (χ1n) is 13.5. The highest BCUT2D eigenvalue weighted by atomic mass is 31.2. The molecular weight excluding hydrogens is 646 g/mol. The van der Waals surface area contributed by atoms with Gasteiger partial charge in [-0.3, -0.25) is 27.2 Å². The van der Waals surface area contributed by atoms with Crippen LogP contribution in [0.2, 0.25) is 0 Å². The summed E-state index contributed by atoms with van der Waals surface area (Å²) >= 11 is 0. The molecule has 8 atom stereocenters. The summed E-state index contributed by atoms with van der Waals surface area (Å²) in [4.78, 5) is 48.9. The molecule has 2 saturated heterocycles. The molecule has 3 aromatic heterocycles. The van der Waals surface area contributed by atoms with Crippen molar-refractivity contribution in [2.45, 2.75) is 56.1 Å². The quantitative estimate of drug-likeness (QED) is 0.0898. The normalized spacial score (nSPS) is 27.9. The van der Waals surface area contributed by atoms with Crippen LogP contribution in [-0.2, 0) is 36.7 Å². The number of phosphoric ester groups is 2. The molecule has 21 nitrogen and oxygen atoms in total. The average Bonchev–Trinajstić information content (AvgIpc) is 3.69. The maximum Gasteiger partial charge on any atom is 0.472 e.